The molecule has 0 aliphatic carbocycles. The van der Waals surface area contributed by atoms with Crippen LogP contribution < -0.4 is 14.6 Å². The van der Waals surface area contributed by atoms with E-state index in [1.54, 1.807) is 23.9 Å². The molecule has 2 aromatic carbocycles. The second kappa shape index (κ2) is 7.06. The topological polar surface area (TPSA) is 98.9 Å². The van der Waals surface area contributed by atoms with Gasteiger partial charge in [0, 0.05) is 12.1 Å². The van der Waals surface area contributed by atoms with E-state index < -0.39 is 10.0 Å². The molecule has 0 saturated carbocycles. The number of rotatable bonds is 5. The highest BCUT2D eigenvalue weighted by Crippen LogP contribution is 2.47. The fourth-order valence-electron chi connectivity index (χ4n) is 3.20. The highest BCUT2D eigenvalue weighted by molar-refractivity contribution is 8.00. The lowest BCUT2D eigenvalue weighted by molar-refractivity contribution is -0.128. The molecule has 142 valence electrons. The number of hydrogen-bond donors (Lipinski definition) is 1. The lowest BCUT2D eigenvalue weighted by Gasteiger charge is -2.25. The zero-order chi connectivity index (χ0) is 19.0. The van der Waals surface area contributed by atoms with Gasteiger partial charge in [0.15, 0.2) is 11.5 Å². The van der Waals surface area contributed by atoms with E-state index in [0.717, 1.165) is 11.1 Å². The van der Waals surface area contributed by atoms with Gasteiger partial charge in [-0.2, -0.15) is 0 Å². The van der Waals surface area contributed by atoms with Gasteiger partial charge in [0.1, 0.15) is 5.37 Å². The molecule has 7 nitrogen and oxygen atoms in total. The number of primary sulfonamides is 1. The van der Waals surface area contributed by atoms with Crippen LogP contribution in [0.1, 0.15) is 16.5 Å². The number of hydrogen-bond acceptors (Lipinski definition) is 6. The zero-order valence-electron chi connectivity index (χ0n) is 14.3. The van der Waals surface area contributed by atoms with E-state index in [4.69, 9.17) is 14.6 Å². The highest BCUT2D eigenvalue weighted by Gasteiger charge is 2.36. The van der Waals surface area contributed by atoms with Crippen LogP contribution in [0, 0.1) is 0 Å². The molecule has 1 saturated heterocycles. The van der Waals surface area contributed by atoms with Crippen molar-refractivity contribution >= 4 is 27.7 Å². The third kappa shape index (κ3) is 3.62. The molecular formula is C18H18N2O5S2. The molecule has 0 radical (unpaired) electrons. The standard InChI is InChI=1S/C18H18N2O5S2/c19-27(22,23)13-6-4-12(5-7-13)8-9-20-16(21)10-26-18(20)14-2-1-3-15-17(14)25-11-24-15/h1-7,18H,8-11H2,(H2,19,22,23). The molecule has 0 aromatic heterocycles. The minimum Gasteiger partial charge on any atom is -0.454 e. The number of carbonyl (C=O) groups is 1. The second-order valence-corrected chi connectivity index (χ2v) is 8.90. The minimum atomic E-state index is -3.70. The normalized spacial score (nSPS) is 18.9. The Bertz CT molecular complexity index is 976. The first kappa shape index (κ1) is 18.1. The average Bonchev–Trinajstić information content (AvgIpc) is 3.26. The van der Waals surface area contributed by atoms with Crippen LogP contribution in [0.5, 0.6) is 11.5 Å². The van der Waals surface area contributed by atoms with Gasteiger partial charge >= 0.3 is 0 Å². The van der Waals surface area contributed by atoms with Gasteiger partial charge in [0.05, 0.1) is 10.6 Å². The molecule has 1 unspecified atom stereocenters. The summed E-state index contributed by atoms with van der Waals surface area (Å²) in [6.07, 6.45) is 0.611. The summed E-state index contributed by atoms with van der Waals surface area (Å²) >= 11 is 1.56. The van der Waals surface area contributed by atoms with Gasteiger partial charge in [-0.1, -0.05) is 24.3 Å². The lowest BCUT2D eigenvalue weighted by Crippen LogP contribution is -2.30. The number of amides is 1. The van der Waals surface area contributed by atoms with Gasteiger partial charge in [0.2, 0.25) is 22.7 Å². The SMILES string of the molecule is NS(=O)(=O)c1ccc(CCN2C(=O)CSC2c2cccc3c2OCO3)cc1. The molecule has 1 fully saturated rings. The molecule has 0 spiro atoms. The van der Waals surface area contributed by atoms with Crippen LogP contribution in [-0.4, -0.2) is 38.3 Å². The van der Waals surface area contributed by atoms with Crippen LogP contribution in [0.4, 0.5) is 0 Å². The van der Waals surface area contributed by atoms with Crippen molar-refractivity contribution in [1.29, 1.82) is 0 Å². The van der Waals surface area contributed by atoms with Crippen molar-refractivity contribution in [2.75, 3.05) is 19.1 Å². The Morgan fingerprint density at radius 2 is 1.93 bits per heavy atom. The molecular weight excluding hydrogens is 388 g/mol. The summed E-state index contributed by atoms with van der Waals surface area (Å²) in [5.41, 5.74) is 1.87. The van der Waals surface area contributed by atoms with Crippen molar-refractivity contribution in [2.24, 2.45) is 5.14 Å². The van der Waals surface area contributed by atoms with Crippen molar-refractivity contribution in [2.45, 2.75) is 16.7 Å². The number of carbonyl (C=O) groups excluding carboxylic acids is 1. The molecule has 2 aliphatic rings. The molecule has 4 rings (SSSR count). The minimum absolute atomic E-state index is 0.0719. The first-order valence-electron chi connectivity index (χ1n) is 8.35. The maximum absolute atomic E-state index is 12.4. The first-order chi connectivity index (χ1) is 12.9. The van der Waals surface area contributed by atoms with Crippen LogP contribution in [0.25, 0.3) is 0 Å². The molecule has 27 heavy (non-hydrogen) atoms. The number of ether oxygens (including phenoxy) is 2. The summed E-state index contributed by atoms with van der Waals surface area (Å²) < 4.78 is 33.7. The smallest absolute Gasteiger partial charge is 0.238 e. The van der Waals surface area contributed by atoms with Crippen molar-refractivity contribution in [3.05, 3.63) is 53.6 Å². The largest absolute Gasteiger partial charge is 0.454 e. The van der Waals surface area contributed by atoms with E-state index in [9.17, 15) is 13.2 Å². The highest BCUT2D eigenvalue weighted by atomic mass is 32.2. The van der Waals surface area contributed by atoms with Crippen molar-refractivity contribution < 1.29 is 22.7 Å². The number of para-hydroxylation sites is 1. The molecule has 1 amide bonds. The Morgan fingerprint density at radius 1 is 1.15 bits per heavy atom. The van der Waals surface area contributed by atoms with E-state index in [2.05, 4.69) is 0 Å². The Hall–Kier alpha value is -2.23. The number of fused-ring (bicyclic) bond motifs is 1. The Kier molecular flexibility index (Phi) is 4.75. The summed E-state index contributed by atoms with van der Waals surface area (Å²) in [6, 6.07) is 12.1. The summed E-state index contributed by atoms with van der Waals surface area (Å²) in [6.45, 7) is 0.712. The third-order valence-electron chi connectivity index (χ3n) is 4.55. The van der Waals surface area contributed by atoms with Gasteiger partial charge in [-0.05, 0) is 30.2 Å². The number of nitrogens with two attached hydrogens (primary N) is 1. The molecule has 2 heterocycles. The number of sulfonamides is 1. The third-order valence-corrected chi connectivity index (χ3v) is 6.72. The van der Waals surface area contributed by atoms with Crippen molar-refractivity contribution in [3.63, 3.8) is 0 Å². The number of nitrogens with zero attached hydrogens (tertiary/aromatic N) is 1. The van der Waals surface area contributed by atoms with Crippen molar-refractivity contribution in [3.8, 4) is 11.5 Å². The predicted octanol–water partition coefficient (Wildman–Crippen LogP) is 1.88. The fraction of sp³-hybridized carbons (Fsp3) is 0.278. The molecule has 1 atom stereocenters. The van der Waals surface area contributed by atoms with Crippen LogP contribution in [0.15, 0.2) is 47.4 Å². The fourth-order valence-corrected chi connectivity index (χ4v) is 4.95. The first-order valence-corrected chi connectivity index (χ1v) is 10.9. The summed E-state index contributed by atoms with van der Waals surface area (Å²) in [5, 5.41) is 4.99. The summed E-state index contributed by atoms with van der Waals surface area (Å²) in [4.78, 5) is 14.3. The molecule has 9 heteroatoms. The van der Waals surface area contributed by atoms with Gasteiger partial charge < -0.3 is 14.4 Å². The predicted molar refractivity (Wildman–Crippen MR) is 101 cm³/mol. The Balaban J connectivity index is 1.51. The van der Waals surface area contributed by atoms with E-state index in [-0.39, 0.29) is 23.0 Å². The maximum Gasteiger partial charge on any atom is 0.238 e. The monoisotopic (exact) mass is 406 g/mol. The number of thioether (sulfide) groups is 1. The van der Waals surface area contributed by atoms with E-state index in [1.807, 2.05) is 23.1 Å². The molecule has 2 aliphatic heterocycles. The van der Waals surface area contributed by atoms with Crippen LogP contribution in [0.2, 0.25) is 0 Å². The Morgan fingerprint density at radius 3 is 2.67 bits per heavy atom. The summed E-state index contributed by atoms with van der Waals surface area (Å²) in [5.74, 6) is 1.89. The van der Waals surface area contributed by atoms with Crippen LogP contribution in [0.3, 0.4) is 0 Å². The Labute approximate surface area is 161 Å². The average molecular weight is 406 g/mol. The van der Waals surface area contributed by atoms with Crippen LogP contribution in [-0.2, 0) is 21.2 Å². The quantitative estimate of drug-likeness (QED) is 0.814. The van der Waals surface area contributed by atoms with Gasteiger partial charge in [-0.3, -0.25) is 4.79 Å². The molecule has 0 bridgehead atoms. The number of benzene rings is 2. The molecule has 2 N–H and O–H groups in total. The van der Waals surface area contributed by atoms with E-state index in [1.165, 1.54) is 12.1 Å². The van der Waals surface area contributed by atoms with Crippen molar-refractivity contribution in [1.82, 2.24) is 4.90 Å². The van der Waals surface area contributed by atoms with Gasteiger partial charge in [-0.25, -0.2) is 13.6 Å². The summed E-state index contributed by atoms with van der Waals surface area (Å²) in [7, 11) is -3.70. The lowest BCUT2D eigenvalue weighted by atomic mass is 10.1. The van der Waals surface area contributed by atoms with Gasteiger partial charge in [-0.15, -0.1) is 11.8 Å². The second-order valence-electron chi connectivity index (χ2n) is 6.27. The van der Waals surface area contributed by atoms with Crippen LogP contribution >= 0.6 is 11.8 Å². The van der Waals surface area contributed by atoms with E-state index >= 15 is 0 Å². The molecule has 2 aromatic rings. The zero-order valence-corrected chi connectivity index (χ0v) is 16.0. The maximum atomic E-state index is 12.4. The van der Waals surface area contributed by atoms with E-state index in [0.29, 0.717) is 30.2 Å². The van der Waals surface area contributed by atoms with Gasteiger partial charge in [0.25, 0.3) is 0 Å².